The van der Waals surface area contributed by atoms with E-state index >= 15 is 0 Å². The fraction of sp³-hybridized carbons (Fsp3) is 0.0833. The van der Waals surface area contributed by atoms with Crippen LogP contribution in [0.4, 0.5) is 11.4 Å². The van der Waals surface area contributed by atoms with E-state index in [0.717, 1.165) is 5.03 Å². The third-order valence-corrected chi connectivity index (χ3v) is 3.62. The second kappa shape index (κ2) is 3.28. The highest BCUT2D eigenvalue weighted by atomic mass is 32.2. The van der Waals surface area contributed by atoms with Gasteiger partial charge in [0.05, 0.1) is 11.4 Å². The van der Waals surface area contributed by atoms with E-state index in [9.17, 15) is 0 Å². The number of rotatable bonds is 0. The quantitative estimate of drug-likeness (QED) is 0.669. The van der Waals surface area contributed by atoms with Gasteiger partial charge in [-0.25, -0.2) is 4.98 Å². The highest BCUT2D eigenvalue weighted by Crippen LogP contribution is 2.45. The average Bonchev–Trinajstić information content (AvgIpc) is 2.30. The van der Waals surface area contributed by atoms with Gasteiger partial charge in [-0.05, 0) is 24.3 Å². The molecule has 3 rings (SSSR count). The Morgan fingerprint density at radius 2 is 1.87 bits per heavy atom. The predicted molar refractivity (Wildman–Crippen MR) is 62.9 cm³/mol. The summed E-state index contributed by atoms with van der Waals surface area (Å²) in [4.78, 5) is 7.85. The molecule has 1 aromatic carbocycles. The molecule has 1 aromatic heterocycles. The van der Waals surface area contributed by atoms with Crippen molar-refractivity contribution in [1.82, 2.24) is 4.98 Å². The zero-order valence-electron chi connectivity index (χ0n) is 8.34. The third kappa shape index (κ3) is 1.31. The van der Waals surface area contributed by atoms with Crippen LogP contribution in [0.3, 0.4) is 0 Å². The minimum Gasteiger partial charge on any atom is -0.341 e. The summed E-state index contributed by atoms with van der Waals surface area (Å²) in [6.45, 7) is 0. The van der Waals surface area contributed by atoms with Crippen LogP contribution in [-0.2, 0) is 0 Å². The van der Waals surface area contributed by atoms with Crippen molar-refractivity contribution in [2.45, 2.75) is 9.92 Å². The highest BCUT2D eigenvalue weighted by molar-refractivity contribution is 7.99. The Bertz CT molecular complexity index is 465. The molecule has 0 aliphatic carbocycles. The summed E-state index contributed by atoms with van der Waals surface area (Å²) >= 11 is 1.73. The maximum atomic E-state index is 4.39. The van der Waals surface area contributed by atoms with Gasteiger partial charge in [-0.1, -0.05) is 23.9 Å². The minimum atomic E-state index is 1.08. The second-order valence-corrected chi connectivity index (χ2v) is 4.49. The zero-order chi connectivity index (χ0) is 10.3. The van der Waals surface area contributed by atoms with E-state index in [0.29, 0.717) is 0 Å². The van der Waals surface area contributed by atoms with Gasteiger partial charge in [0.15, 0.2) is 0 Å². The van der Waals surface area contributed by atoms with Crippen LogP contribution < -0.4 is 4.90 Å². The average molecular weight is 214 g/mol. The van der Waals surface area contributed by atoms with E-state index in [1.807, 2.05) is 12.3 Å². The van der Waals surface area contributed by atoms with Crippen molar-refractivity contribution in [3.63, 3.8) is 0 Å². The van der Waals surface area contributed by atoms with Crippen molar-refractivity contribution in [3.8, 4) is 0 Å². The van der Waals surface area contributed by atoms with Crippen LogP contribution in [0.5, 0.6) is 0 Å². The fourth-order valence-electron chi connectivity index (χ4n) is 1.77. The second-order valence-electron chi connectivity index (χ2n) is 3.46. The predicted octanol–water partition coefficient (Wildman–Crippen LogP) is 3.31. The third-order valence-electron chi connectivity index (χ3n) is 2.55. The van der Waals surface area contributed by atoms with Crippen LogP contribution in [0.15, 0.2) is 52.5 Å². The molecule has 0 atom stereocenters. The van der Waals surface area contributed by atoms with Crippen LogP contribution in [0, 0.1) is 0 Å². The molecule has 2 heterocycles. The first-order valence-electron chi connectivity index (χ1n) is 4.82. The Kier molecular flexibility index (Phi) is 1.92. The molecule has 0 bridgehead atoms. The van der Waals surface area contributed by atoms with Gasteiger partial charge in [-0.15, -0.1) is 0 Å². The number of hydrogen-bond donors (Lipinski definition) is 0. The van der Waals surface area contributed by atoms with Gasteiger partial charge >= 0.3 is 0 Å². The van der Waals surface area contributed by atoms with Crippen molar-refractivity contribution in [3.05, 3.63) is 42.6 Å². The number of nitrogens with zero attached hydrogens (tertiary/aromatic N) is 2. The van der Waals surface area contributed by atoms with E-state index in [4.69, 9.17) is 0 Å². The molecule has 0 fully saturated rings. The van der Waals surface area contributed by atoms with Crippen molar-refractivity contribution in [2.24, 2.45) is 0 Å². The number of benzene rings is 1. The summed E-state index contributed by atoms with van der Waals surface area (Å²) in [5.74, 6) is 0. The summed E-state index contributed by atoms with van der Waals surface area (Å²) in [5, 5.41) is 1.08. The molecular weight excluding hydrogens is 204 g/mol. The Labute approximate surface area is 93.0 Å². The molecule has 0 spiro atoms. The normalized spacial score (nSPS) is 13.3. The largest absolute Gasteiger partial charge is 0.341 e. The molecule has 3 heteroatoms. The molecule has 0 saturated carbocycles. The maximum Gasteiger partial charge on any atom is 0.124 e. The van der Waals surface area contributed by atoms with Crippen molar-refractivity contribution >= 4 is 23.1 Å². The summed E-state index contributed by atoms with van der Waals surface area (Å²) in [6.07, 6.45) is 1.84. The lowest BCUT2D eigenvalue weighted by Gasteiger charge is -2.28. The smallest absolute Gasteiger partial charge is 0.124 e. The molecule has 0 saturated heterocycles. The van der Waals surface area contributed by atoms with E-state index in [1.54, 1.807) is 11.8 Å². The zero-order valence-corrected chi connectivity index (χ0v) is 9.16. The Hall–Kier alpha value is -1.48. The molecule has 1 aliphatic rings. The molecule has 15 heavy (non-hydrogen) atoms. The van der Waals surface area contributed by atoms with E-state index in [2.05, 4.69) is 47.3 Å². The number of fused-ring (bicyclic) bond motifs is 2. The Morgan fingerprint density at radius 1 is 1.07 bits per heavy atom. The van der Waals surface area contributed by atoms with E-state index < -0.39 is 0 Å². The molecule has 0 unspecified atom stereocenters. The first kappa shape index (κ1) is 8.80. The van der Waals surface area contributed by atoms with E-state index in [1.165, 1.54) is 16.3 Å². The van der Waals surface area contributed by atoms with Crippen molar-refractivity contribution in [1.29, 1.82) is 0 Å². The summed E-state index contributed by atoms with van der Waals surface area (Å²) in [7, 11) is 2.08. The van der Waals surface area contributed by atoms with Gasteiger partial charge in [0, 0.05) is 18.1 Å². The highest BCUT2D eigenvalue weighted by Gasteiger charge is 2.20. The van der Waals surface area contributed by atoms with Crippen LogP contribution in [0.2, 0.25) is 0 Å². The number of pyridine rings is 1. The minimum absolute atomic E-state index is 1.08. The monoisotopic (exact) mass is 214 g/mol. The Morgan fingerprint density at radius 3 is 2.80 bits per heavy atom. The lowest BCUT2D eigenvalue weighted by atomic mass is 10.2. The molecule has 0 radical (unpaired) electrons. The molecule has 2 nitrogen and oxygen atoms in total. The van der Waals surface area contributed by atoms with Gasteiger partial charge in [-0.2, -0.15) is 0 Å². The summed E-state index contributed by atoms with van der Waals surface area (Å²) in [6, 6.07) is 12.5. The van der Waals surface area contributed by atoms with Gasteiger partial charge in [-0.3, -0.25) is 0 Å². The molecule has 0 N–H and O–H groups in total. The van der Waals surface area contributed by atoms with Crippen LogP contribution >= 0.6 is 11.8 Å². The molecule has 74 valence electrons. The standard InChI is InChI=1S/C12H10N2S/c1-14-9-5-2-3-7-11(9)15-12-10(14)6-4-8-13-12/h2-8H,1H3. The molecule has 1 aliphatic heterocycles. The van der Waals surface area contributed by atoms with Crippen molar-refractivity contribution in [2.75, 3.05) is 11.9 Å². The summed E-state index contributed by atoms with van der Waals surface area (Å²) in [5.41, 5.74) is 2.43. The van der Waals surface area contributed by atoms with Crippen LogP contribution in [0.1, 0.15) is 0 Å². The fourth-order valence-corrected chi connectivity index (χ4v) is 2.86. The SMILES string of the molecule is CN1c2ccccc2Sc2ncccc21. The van der Waals surface area contributed by atoms with Gasteiger partial charge in [0.1, 0.15) is 5.03 Å². The lowest BCUT2D eigenvalue weighted by molar-refractivity contribution is 1.03. The summed E-state index contributed by atoms with van der Waals surface area (Å²) < 4.78 is 0. The Balaban J connectivity index is 2.20. The maximum absolute atomic E-state index is 4.39. The first-order valence-corrected chi connectivity index (χ1v) is 5.63. The lowest BCUT2D eigenvalue weighted by Crippen LogP contribution is -2.14. The van der Waals surface area contributed by atoms with Gasteiger partial charge in [0.2, 0.25) is 0 Å². The molecule has 0 amide bonds. The van der Waals surface area contributed by atoms with Crippen LogP contribution in [0.25, 0.3) is 0 Å². The molecule has 2 aromatic rings. The molecular formula is C12H10N2S. The van der Waals surface area contributed by atoms with E-state index in [-0.39, 0.29) is 0 Å². The van der Waals surface area contributed by atoms with Gasteiger partial charge < -0.3 is 4.90 Å². The number of para-hydroxylation sites is 1. The number of anilines is 2. The number of aromatic nitrogens is 1. The van der Waals surface area contributed by atoms with Crippen LogP contribution in [-0.4, -0.2) is 12.0 Å². The topological polar surface area (TPSA) is 16.1 Å². The number of hydrogen-bond acceptors (Lipinski definition) is 3. The first-order chi connectivity index (χ1) is 7.36. The van der Waals surface area contributed by atoms with Crippen molar-refractivity contribution < 1.29 is 0 Å². The van der Waals surface area contributed by atoms with Gasteiger partial charge in [0.25, 0.3) is 0 Å².